The Bertz CT molecular complexity index is 355. The average molecular weight is 210 g/mol. The van der Waals surface area contributed by atoms with E-state index >= 15 is 0 Å². The van der Waals surface area contributed by atoms with Crippen LogP contribution in [-0.4, -0.2) is 26.2 Å². The second-order valence-electron chi connectivity index (χ2n) is 2.56. The number of esters is 2. The van der Waals surface area contributed by atoms with E-state index in [0.29, 0.717) is 5.75 Å². The molecule has 5 heteroatoms. The molecule has 80 valence electrons. The molecular formula is C10H10O5. The number of carbonyl (C=O) groups excluding carboxylic acids is 2. The molecule has 0 saturated heterocycles. The summed E-state index contributed by atoms with van der Waals surface area (Å²) in [7, 11) is 2.63. The molecule has 0 fully saturated rings. The van der Waals surface area contributed by atoms with Gasteiger partial charge in [0.2, 0.25) is 0 Å². The van der Waals surface area contributed by atoms with Crippen molar-refractivity contribution in [2.45, 2.75) is 0 Å². The molecule has 5 nitrogen and oxygen atoms in total. The van der Waals surface area contributed by atoms with Crippen LogP contribution in [0, 0.1) is 0 Å². The molecule has 0 aromatic heterocycles. The SMILES string of the molecule is COC(=O)C(=O)Oc1ccc(OC)cc1. The smallest absolute Gasteiger partial charge is 0.422 e. The van der Waals surface area contributed by atoms with Gasteiger partial charge in [-0.25, -0.2) is 9.59 Å². The Kier molecular flexibility index (Phi) is 3.68. The lowest BCUT2D eigenvalue weighted by molar-refractivity contribution is -0.160. The van der Waals surface area contributed by atoms with E-state index in [9.17, 15) is 9.59 Å². The summed E-state index contributed by atoms with van der Waals surface area (Å²) in [6.07, 6.45) is 0. The second-order valence-corrected chi connectivity index (χ2v) is 2.56. The van der Waals surface area contributed by atoms with Crippen LogP contribution in [0.25, 0.3) is 0 Å². The number of benzene rings is 1. The van der Waals surface area contributed by atoms with Gasteiger partial charge in [-0.3, -0.25) is 0 Å². The Morgan fingerprint density at radius 2 is 1.47 bits per heavy atom. The molecule has 1 aromatic rings. The van der Waals surface area contributed by atoms with Gasteiger partial charge in [0.15, 0.2) is 0 Å². The van der Waals surface area contributed by atoms with Gasteiger partial charge in [-0.2, -0.15) is 0 Å². The second kappa shape index (κ2) is 4.99. The highest BCUT2D eigenvalue weighted by Gasteiger charge is 2.16. The van der Waals surface area contributed by atoms with Crippen LogP contribution in [0.3, 0.4) is 0 Å². The van der Waals surface area contributed by atoms with Gasteiger partial charge in [-0.15, -0.1) is 0 Å². The first-order chi connectivity index (χ1) is 7.17. The predicted octanol–water partition coefficient (Wildman–Crippen LogP) is 0.774. The van der Waals surface area contributed by atoms with Gasteiger partial charge in [0, 0.05) is 0 Å². The molecule has 0 aliphatic heterocycles. The number of carbonyl (C=O) groups is 2. The van der Waals surface area contributed by atoms with Crippen LogP contribution in [0.5, 0.6) is 11.5 Å². The number of hydrogen-bond acceptors (Lipinski definition) is 5. The highest BCUT2D eigenvalue weighted by atomic mass is 16.6. The molecule has 1 aromatic carbocycles. The summed E-state index contributed by atoms with van der Waals surface area (Å²) in [5.74, 6) is -1.20. The maximum atomic E-state index is 11.0. The van der Waals surface area contributed by atoms with Crippen molar-refractivity contribution in [3.8, 4) is 11.5 Å². The number of methoxy groups -OCH3 is 2. The van der Waals surface area contributed by atoms with Crippen molar-refractivity contribution in [3.05, 3.63) is 24.3 Å². The normalized spacial score (nSPS) is 9.20. The molecule has 0 atom stereocenters. The van der Waals surface area contributed by atoms with E-state index in [-0.39, 0.29) is 5.75 Å². The molecule has 0 N–H and O–H groups in total. The van der Waals surface area contributed by atoms with E-state index in [4.69, 9.17) is 9.47 Å². The minimum atomic E-state index is -1.05. The van der Waals surface area contributed by atoms with Crippen molar-refractivity contribution in [3.63, 3.8) is 0 Å². The third kappa shape index (κ3) is 2.98. The zero-order valence-electron chi connectivity index (χ0n) is 8.35. The van der Waals surface area contributed by atoms with Crippen LogP contribution < -0.4 is 9.47 Å². The van der Waals surface area contributed by atoms with E-state index in [1.54, 1.807) is 12.1 Å². The molecule has 0 unspecified atom stereocenters. The monoisotopic (exact) mass is 210 g/mol. The molecule has 0 heterocycles. The zero-order chi connectivity index (χ0) is 11.3. The van der Waals surface area contributed by atoms with Crippen LogP contribution in [0.4, 0.5) is 0 Å². The molecule has 0 radical (unpaired) electrons. The number of rotatable bonds is 2. The van der Waals surface area contributed by atoms with Gasteiger partial charge in [0.1, 0.15) is 11.5 Å². The van der Waals surface area contributed by atoms with Crippen molar-refractivity contribution in [2.75, 3.05) is 14.2 Å². The van der Waals surface area contributed by atoms with E-state index in [0.717, 1.165) is 7.11 Å². The minimum Gasteiger partial charge on any atom is -0.497 e. The zero-order valence-corrected chi connectivity index (χ0v) is 8.35. The Morgan fingerprint density at radius 3 is 1.93 bits per heavy atom. The van der Waals surface area contributed by atoms with Gasteiger partial charge in [-0.1, -0.05) is 0 Å². The lowest BCUT2D eigenvalue weighted by atomic mass is 10.3. The van der Waals surface area contributed by atoms with Crippen molar-refractivity contribution in [1.29, 1.82) is 0 Å². The van der Waals surface area contributed by atoms with Crippen molar-refractivity contribution < 1.29 is 23.8 Å². The first kappa shape index (κ1) is 11.0. The Morgan fingerprint density at radius 1 is 0.933 bits per heavy atom. The van der Waals surface area contributed by atoms with Crippen LogP contribution in [0.15, 0.2) is 24.3 Å². The molecule has 1 rings (SSSR count). The summed E-state index contributed by atoms with van der Waals surface area (Å²) in [5.41, 5.74) is 0. The fourth-order valence-corrected chi connectivity index (χ4v) is 0.876. The van der Waals surface area contributed by atoms with Crippen LogP contribution in [0.2, 0.25) is 0 Å². The third-order valence-corrected chi connectivity index (χ3v) is 1.62. The standard InChI is InChI=1S/C10H10O5/c1-13-7-3-5-8(6-4-7)15-10(12)9(11)14-2/h3-6H,1-2H3. The lowest BCUT2D eigenvalue weighted by Crippen LogP contribution is -2.21. The molecular weight excluding hydrogens is 200 g/mol. The molecule has 0 saturated carbocycles. The molecule has 15 heavy (non-hydrogen) atoms. The Balaban J connectivity index is 2.65. The molecule has 0 aliphatic rings. The van der Waals surface area contributed by atoms with Gasteiger partial charge in [-0.05, 0) is 24.3 Å². The third-order valence-electron chi connectivity index (χ3n) is 1.62. The molecule has 0 bridgehead atoms. The summed E-state index contributed by atoms with van der Waals surface area (Å²) in [4.78, 5) is 21.7. The highest BCUT2D eigenvalue weighted by Crippen LogP contribution is 2.16. The van der Waals surface area contributed by atoms with Crippen molar-refractivity contribution in [2.24, 2.45) is 0 Å². The topological polar surface area (TPSA) is 61.8 Å². The van der Waals surface area contributed by atoms with Crippen LogP contribution in [-0.2, 0) is 14.3 Å². The van der Waals surface area contributed by atoms with Gasteiger partial charge < -0.3 is 14.2 Å². The fourth-order valence-electron chi connectivity index (χ4n) is 0.876. The van der Waals surface area contributed by atoms with Crippen molar-refractivity contribution in [1.82, 2.24) is 0 Å². The first-order valence-corrected chi connectivity index (χ1v) is 4.11. The maximum absolute atomic E-state index is 11.0. The maximum Gasteiger partial charge on any atom is 0.422 e. The largest absolute Gasteiger partial charge is 0.497 e. The van der Waals surface area contributed by atoms with Gasteiger partial charge >= 0.3 is 11.9 Å². The van der Waals surface area contributed by atoms with Crippen LogP contribution in [0.1, 0.15) is 0 Å². The Hall–Kier alpha value is -2.04. The minimum absolute atomic E-state index is 0.256. The molecule has 0 aliphatic carbocycles. The fraction of sp³-hybridized carbons (Fsp3) is 0.200. The first-order valence-electron chi connectivity index (χ1n) is 4.11. The summed E-state index contributed by atoms with van der Waals surface area (Å²) in [5, 5.41) is 0. The summed E-state index contributed by atoms with van der Waals surface area (Å²) < 4.78 is 13.8. The average Bonchev–Trinajstić information content (AvgIpc) is 2.29. The van der Waals surface area contributed by atoms with E-state index in [2.05, 4.69) is 4.74 Å². The van der Waals surface area contributed by atoms with Crippen LogP contribution >= 0.6 is 0 Å². The molecule has 0 amide bonds. The highest BCUT2D eigenvalue weighted by molar-refractivity contribution is 6.30. The van der Waals surface area contributed by atoms with E-state index < -0.39 is 11.9 Å². The van der Waals surface area contributed by atoms with Gasteiger partial charge in [0.25, 0.3) is 0 Å². The van der Waals surface area contributed by atoms with E-state index in [1.165, 1.54) is 19.2 Å². The number of hydrogen-bond donors (Lipinski definition) is 0. The lowest BCUT2D eigenvalue weighted by Gasteiger charge is -2.03. The van der Waals surface area contributed by atoms with Gasteiger partial charge in [0.05, 0.1) is 14.2 Å². The Labute approximate surface area is 86.6 Å². The quantitative estimate of drug-likeness (QED) is 0.410. The molecule has 0 spiro atoms. The predicted molar refractivity (Wildman–Crippen MR) is 50.6 cm³/mol. The number of ether oxygens (including phenoxy) is 3. The van der Waals surface area contributed by atoms with E-state index in [1.807, 2.05) is 0 Å². The van der Waals surface area contributed by atoms with Crippen molar-refractivity contribution >= 4 is 11.9 Å². The summed E-state index contributed by atoms with van der Waals surface area (Å²) in [6, 6.07) is 6.25. The summed E-state index contributed by atoms with van der Waals surface area (Å²) >= 11 is 0. The summed E-state index contributed by atoms with van der Waals surface area (Å²) in [6.45, 7) is 0.